The Balaban J connectivity index is 3.13. The van der Waals surface area contributed by atoms with Crippen LogP contribution in [0.15, 0.2) is 48.5 Å². The second kappa shape index (κ2) is 4.68. The fraction of sp³-hybridized carbons (Fsp3) is 0. The number of allylic oxidation sites excluding steroid dienone is 2. The molecule has 0 radical (unpaired) electrons. The van der Waals surface area contributed by atoms with Crippen LogP contribution in [-0.2, 0) is 0 Å². The molecule has 0 heterocycles. The summed E-state index contributed by atoms with van der Waals surface area (Å²) in [7, 11) is 0. The van der Waals surface area contributed by atoms with E-state index in [2.05, 4.69) is 13.2 Å². The lowest BCUT2D eigenvalue weighted by atomic mass is 10.1. The van der Waals surface area contributed by atoms with Crippen molar-refractivity contribution in [2.45, 2.75) is 0 Å². The Labute approximate surface area is 83.9 Å². The Hall–Kier alpha value is -1.27. The monoisotopic (exact) mass is 190 g/mol. The van der Waals surface area contributed by atoms with Gasteiger partial charge in [-0.2, -0.15) is 0 Å². The van der Waals surface area contributed by atoms with Crippen molar-refractivity contribution < 1.29 is 0 Å². The lowest BCUT2D eigenvalue weighted by Crippen LogP contribution is -1.78. The molecule has 66 valence electrons. The molecule has 0 spiro atoms. The summed E-state index contributed by atoms with van der Waals surface area (Å²) in [4.78, 5) is 0. The van der Waals surface area contributed by atoms with Crippen LogP contribution in [0.1, 0.15) is 11.1 Å². The second-order valence-corrected chi connectivity index (χ2v) is 3.00. The summed E-state index contributed by atoms with van der Waals surface area (Å²) in [5.74, 6) is 0. The molecule has 0 nitrogen and oxygen atoms in total. The lowest BCUT2D eigenvalue weighted by molar-refractivity contribution is 1.61. The van der Waals surface area contributed by atoms with E-state index in [4.69, 9.17) is 11.6 Å². The molecule has 1 rings (SSSR count). The van der Waals surface area contributed by atoms with Crippen molar-refractivity contribution in [3.05, 3.63) is 59.7 Å². The zero-order valence-electron chi connectivity index (χ0n) is 7.33. The molecule has 0 aromatic heterocycles. The Kier molecular flexibility index (Phi) is 3.53. The summed E-state index contributed by atoms with van der Waals surface area (Å²) in [6.07, 6.45) is 5.28. The van der Waals surface area contributed by atoms with E-state index in [-0.39, 0.29) is 0 Å². The number of hydrogen-bond donors (Lipinski definition) is 0. The Morgan fingerprint density at radius 1 is 1.15 bits per heavy atom. The summed E-state index contributed by atoms with van der Waals surface area (Å²) in [5, 5.41) is 0.634. The van der Waals surface area contributed by atoms with Gasteiger partial charge in [0.2, 0.25) is 0 Å². The fourth-order valence-corrected chi connectivity index (χ4v) is 1.15. The van der Waals surface area contributed by atoms with E-state index >= 15 is 0 Å². The summed E-state index contributed by atoms with van der Waals surface area (Å²) >= 11 is 5.84. The predicted octanol–water partition coefficient (Wildman–Crippen LogP) is 4.10. The van der Waals surface area contributed by atoms with Gasteiger partial charge in [-0.1, -0.05) is 61.2 Å². The van der Waals surface area contributed by atoms with Crippen LogP contribution < -0.4 is 0 Å². The van der Waals surface area contributed by atoms with E-state index in [9.17, 15) is 0 Å². The van der Waals surface area contributed by atoms with Crippen LogP contribution in [0, 0.1) is 0 Å². The molecule has 0 aliphatic carbocycles. The first-order valence-corrected chi connectivity index (χ1v) is 4.37. The molecular formula is C12H11Cl. The minimum absolute atomic E-state index is 0.634. The maximum absolute atomic E-state index is 5.84. The smallest absolute Gasteiger partial charge is 0.0406 e. The first kappa shape index (κ1) is 9.82. The molecular weight excluding hydrogens is 180 g/mol. The average Bonchev–Trinajstić information content (AvgIpc) is 2.18. The summed E-state index contributed by atoms with van der Waals surface area (Å²) < 4.78 is 0. The van der Waals surface area contributed by atoms with Crippen molar-refractivity contribution in [2.24, 2.45) is 0 Å². The minimum Gasteiger partial charge on any atom is -0.0984 e. The second-order valence-electron chi connectivity index (χ2n) is 2.57. The van der Waals surface area contributed by atoms with Crippen molar-refractivity contribution in [3.8, 4) is 0 Å². The zero-order valence-corrected chi connectivity index (χ0v) is 8.09. The van der Waals surface area contributed by atoms with Gasteiger partial charge in [0.25, 0.3) is 0 Å². The molecule has 1 aromatic carbocycles. The first-order valence-electron chi connectivity index (χ1n) is 3.99. The van der Waals surface area contributed by atoms with Crippen molar-refractivity contribution in [2.75, 3.05) is 0 Å². The molecule has 0 aliphatic rings. The maximum atomic E-state index is 5.84. The molecule has 1 aromatic rings. The number of hydrogen-bond acceptors (Lipinski definition) is 0. The molecule has 0 amide bonds. The van der Waals surface area contributed by atoms with E-state index in [1.807, 2.05) is 30.3 Å². The maximum Gasteiger partial charge on any atom is 0.0406 e. The van der Waals surface area contributed by atoms with Gasteiger partial charge in [0.1, 0.15) is 0 Å². The summed E-state index contributed by atoms with van der Waals surface area (Å²) in [6, 6.07) is 7.91. The number of halogens is 1. The van der Waals surface area contributed by atoms with Crippen molar-refractivity contribution >= 4 is 23.8 Å². The molecule has 0 saturated carbocycles. The van der Waals surface area contributed by atoms with Crippen LogP contribution in [0.25, 0.3) is 12.2 Å². The Morgan fingerprint density at radius 2 is 1.77 bits per heavy atom. The van der Waals surface area contributed by atoms with Gasteiger partial charge >= 0.3 is 0 Å². The van der Waals surface area contributed by atoms with Crippen LogP contribution in [-0.4, -0.2) is 0 Å². The van der Waals surface area contributed by atoms with Gasteiger partial charge in [-0.15, -0.1) is 0 Å². The van der Waals surface area contributed by atoms with Crippen molar-refractivity contribution in [1.29, 1.82) is 0 Å². The molecule has 0 atom stereocenters. The molecule has 0 N–H and O–H groups in total. The van der Waals surface area contributed by atoms with E-state index < -0.39 is 0 Å². The van der Waals surface area contributed by atoms with Crippen LogP contribution in [0.3, 0.4) is 0 Å². The fourth-order valence-electron chi connectivity index (χ4n) is 1.04. The van der Waals surface area contributed by atoms with E-state index in [0.29, 0.717) is 5.03 Å². The third-order valence-corrected chi connectivity index (χ3v) is 1.97. The normalized spacial score (nSPS) is 11.0. The number of rotatable bonds is 3. The third-order valence-electron chi connectivity index (χ3n) is 1.70. The lowest BCUT2D eigenvalue weighted by Gasteiger charge is -1.99. The van der Waals surface area contributed by atoms with Crippen molar-refractivity contribution in [1.82, 2.24) is 0 Å². The quantitative estimate of drug-likeness (QED) is 0.630. The highest BCUT2D eigenvalue weighted by Gasteiger charge is 1.94. The van der Waals surface area contributed by atoms with Crippen LogP contribution in [0.4, 0.5) is 0 Å². The molecule has 0 bridgehead atoms. The molecule has 0 unspecified atom stereocenters. The summed E-state index contributed by atoms with van der Waals surface area (Å²) in [5.41, 5.74) is 2.13. The van der Waals surface area contributed by atoms with Crippen LogP contribution >= 0.6 is 11.6 Å². The van der Waals surface area contributed by atoms with Gasteiger partial charge < -0.3 is 0 Å². The SMILES string of the molecule is C=C/C(Cl)=C\c1ccccc1C=C. The molecule has 0 fully saturated rings. The van der Waals surface area contributed by atoms with Gasteiger partial charge in [-0.3, -0.25) is 0 Å². The highest BCUT2D eigenvalue weighted by atomic mass is 35.5. The molecule has 0 aliphatic heterocycles. The van der Waals surface area contributed by atoms with Gasteiger partial charge in [-0.25, -0.2) is 0 Å². The highest BCUT2D eigenvalue weighted by molar-refractivity contribution is 6.33. The van der Waals surface area contributed by atoms with Crippen LogP contribution in [0.5, 0.6) is 0 Å². The predicted molar refractivity (Wildman–Crippen MR) is 60.6 cm³/mol. The zero-order chi connectivity index (χ0) is 9.68. The topological polar surface area (TPSA) is 0 Å². The largest absolute Gasteiger partial charge is 0.0984 e. The van der Waals surface area contributed by atoms with E-state index in [1.165, 1.54) is 0 Å². The van der Waals surface area contributed by atoms with E-state index in [0.717, 1.165) is 11.1 Å². The van der Waals surface area contributed by atoms with E-state index in [1.54, 1.807) is 12.2 Å². The molecule has 13 heavy (non-hydrogen) atoms. The van der Waals surface area contributed by atoms with Crippen LogP contribution in [0.2, 0.25) is 0 Å². The standard InChI is InChI=1S/C12H11Cl/c1-3-10-7-5-6-8-11(10)9-12(13)4-2/h3-9H,1-2H2/b12-9+. The number of benzene rings is 1. The van der Waals surface area contributed by atoms with Gasteiger partial charge in [-0.05, 0) is 17.2 Å². The van der Waals surface area contributed by atoms with Gasteiger partial charge in [0.15, 0.2) is 0 Å². The van der Waals surface area contributed by atoms with Gasteiger partial charge in [0.05, 0.1) is 0 Å². The minimum atomic E-state index is 0.634. The Morgan fingerprint density at radius 3 is 2.31 bits per heavy atom. The van der Waals surface area contributed by atoms with Gasteiger partial charge in [0, 0.05) is 5.03 Å². The molecule has 1 heteroatoms. The first-order chi connectivity index (χ1) is 6.27. The summed E-state index contributed by atoms with van der Waals surface area (Å²) in [6.45, 7) is 7.31. The third kappa shape index (κ3) is 2.60. The van der Waals surface area contributed by atoms with Crippen molar-refractivity contribution in [3.63, 3.8) is 0 Å². The Bertz CT molecular complexity index is 348. The average molecular weight is 191 g/mol. The highest BCUT2D eigenvalue weighted by Crippen LogP contribution is 2.16. The molecule has 0 saturated heterocycles.